The van der Waals surface area contributed by atoms with Crippen LogP contribution in [0.1, 0.15) is 38.3 Å². The number of nitrogens with zero attached hydrogens (tertiary/aromatic N) is 3. The molecule has 0 unspecified atom stereocenters. The Balaban J connectivity index is 1.72. The van der Waals surface area contributed by atoms with Crippen LogP contribution < -0.4 is 15.5 Å². The molecular weight excluding hydrogens is 379 g/mol. The molecule has 27 heavy (non-hydrogen) atoms. The molecular formula is C17H24F3N5OS. The minimum Gasteiger partial charge on any atom is -0.376 e. The van der Waals surface area contributed by atoms with E-state index >= 15 is 0 Å². The minimum atomic E-state index is -4.55. The van der Waals surface area contributed by atoms with Crippen LogP contribution >= 0.6 is 12.2 Å². The van der Waals surface area contributed by atoms with Crippen molar-refractivity contribution in [2.24, 2.45) is 5.92 Å². The highest BCUT2D eigenvalue weighted by Crippen LogP contribution is 2.31. The first-order chi connectivity index (χ1) is 12.8. The van der Waals surface area contributed by atoms with E-state index in [4.69, 9.17) is 17.0 Å². The van der Waals surface area contributed by atoms with Crippen molar-refractivity contribution in [2.75, 3.05) is 36.5 Å². The van der Waals surface area contributed by atoms with E-state index in [0.29, 0.717) is 25.6 Å². The van der Waals surface area contributed by atoms with Crippen molar-refractivity contribution in [1.82, 2.24) is 15.3 Å². The summed E-state index contributed by atoms with van der Waals surface area (Å²) in [4.78, 5) is 9.75. The molecule has 150 valence electrons. The first-order valence-corrected chi connectivity index (χ1v) is 9.60. The lowest BCUT2D eigenvalue weighted by Gasteiger charge is -2.32. The summed E-state index contributed by atoms with van der Waals surface area (Å²) in [5.74, 6) is 0.532. The maximum Gasteiger partial charge on any atom is 0.433 e. The summed E-state index contributed by atoms with van der Waals surface area (Å²) >= 11 is 5.17. The van der Waals surface area contributed by atoms with E-state index in [1.54, 1.807) is 0 Å². The summed E-state index contributed by atoms with van der Waals surface area (Å²) in [7, 11) is 0. The smallest absolute Gasteiger partial charge is 0.376 e. The zero-order valence-corrected chi connectivity index (χ0v) is 16.0. The Labute approximate surface area is 161 Å². The van der Waals surface area contributed by atoms with Crippen molar-refractivity contribution in [3.63, 3.8) is 0 Å². The Kier molecular flexibility index (Phi) is 6.36. The van der Waals surface area contributed by atoms with Crippen molar-refractivity contribution in [2.45, 2.75) is 44.9 Å². The largest absolute Gasteiger partial charge is 0.433 e. The highest BCUT2D eigenvalue weighted by molar-refractivity contribution is 7.80. The highest BCUT2D eigenvalue weighted by Gasteiger charge is 2.34. The summed E-state index contributed by atoms with van der Waals surface area (Å²) in [6.07, 6.45) is -0.555. The topological polar surface area (TPSA) is 62.3 Å². The number of hydrogen-bond donors (Lipinski definition) is 2. The van der Waals surface area contributed by atoms with Crippen LogP contribution in [0.25, 0.3) is 0 Å². The van der Waals surface area contributed by atoms with Gasteiger partial charge in [0, 0.05) is 32.3 Å². The van der Waals surface area contributed by atoms with Crippen LogP contribution in [0.5, 0.6) is 0 Å². The molecule has 3 rings (SSSR count). The first kappa shape index (κ1) is 20.1. The fourth-order valence-electron chi connectivity index (χ4n) is 3.35. The number of alkyl halides is 3. The molecule has 6 nitrogen and oxygen atoms in total. The Bertz CT molecular complexity index is 666. The molecule has 0 radical (unpaired) electrons. The van der Waals surface area contributed by atoms with Crippen LogP contribution in [-0.4, -0.2) is 47.4 Å². The minimum absolute atomic E-state index is 0.0672. The standard InChI is InChI=1S/C17H24F3N5OS/c1-11-4-2-6-25(10-11)14-8-13(17(18,19)20)22-15(23-14)24-16(27)21-9-12-5-3-7-26-12/h8,11-12H,2-7,9-10H2,1H3,(H2,21,22,23,24,27)/t11-,12-/m1/s1. The monoisotopic (exact) mass is 403 g/mol. The van der Waals surface area contributed by atoms with Crippen molar-refractivity contribution in [1.29, 1.82) is 0 Å². The van der Waals surface area contributed by atoms with E-state index in [-0.39, 0.29) is 23.0 Å². The fourth-order valence-corrected chi connectivity index (χ4v) is 3.53. The maximum absolute atomic E-state index is 13.3. The lowest BCUT2D eigenvalue weighted by atomic mass is 10.0. The molecule has 0 spiro atoms. The van der Waals surface area contributed by atoms with E-state index in [9.17, 15) is 13.2 Å². The van der Waals surface area contributed by atoms with Gasteiger partial charge in [-0.2, -0.15) is 18.2 Å². The zero-order chi connectivity index (χ0) is 19.4. The number of ether oxygens (including phenoxy) is 1. The van der Waals surface area contributed by atoms with Gasteiger partial charge < -0.3 is 20.3 Å². The number of aromatic nitrogens is 2. The van der Waals surface area contributed by atoms with Crippen LogP contribution in [0.3, 0.4) is 0 Å². The fraction of sp³-hybridized carbons (Fsp3) is 0.706. The second-order valence-corrected chi connectivity index (χ2v) is 7.50. The summed E-state index contributed by atoms with van der Waals surface area (Å²) in [6, 6.07) is 1.01. The molecule has 0 amide bonds. The van der Waals surface area contributed by atoms with Crippen LogP contribution in [0, 0.1) is 5.92 Å². The third-order valence-electron chi connectivity index (χ3n) is 4.72. The number of nitrogens with one attached hydrogen (secondary N) is 2. The zero-order valence-electron chi connectivity index (χ0n) is 15.2. The van der Waals surface area contributed by atoms with Crippen LogP contribution in [-0.2, 0) is 10.9 Å². The summed E-state index contributed by atoms with van der Waals surface area (Å²) < 4.78 is 45.3. The van der Waals surface area contributed by atoms with E-state index < -0.39 is 11.9 Å². The molecule has 3 heterocycles. The van der Waals surface area contributed by atoms with Gasteiger partial charge in [-0.15, -0.1) is 0 Å². The number of hydrogen-bond acceptors (Lipinski definition) is 5. The van der Waals surface area contributed by atoms with Crippen molar-refractivity contribution >= 4 is 29.1 Å². The predicted molar refractivity (Wildman–Crippen MR) is 101 cm³/mol. The molecule has 2 atom stereocenters. The molecule has 2 aliphatic heterocycles. The second-order valence-electron chi connectivity index (χ2n) is 7.10. The van der Waals surface area contributed by atoms with E-state index in [0.717, 1.165) is 38.4 Å². The average Bonchev–Trinajstić information content (AvgIpc) is 3.12. The molecule has 1 aromatic heterocycles. The first-order valence-electron chi connectivity index (χ1n) is 9.19. The molecule has 0 saturated carbocycles. The third kappa shape index (κ3) is 5.65. The molecule has 0 bridgehead atoms. The molecule has 2 N–H and O–H groups in total. The van der Waals surface area contributed by atoms with Gasteiger partial charge in [-0.1, -0.05) is 6.92 Å². The van der Waals surface area contributed by atoms with Gasteiger partial charge in [0.05, 0.1) is 6.10 Å². The van der Waals surface area contributed by atoms with Crippen molar-refractivity contribution < 1.29 is 17.9 Å². The van der Waals surface area contributed by atoms with Crippen LogP contribution in [0.2, 0.25) is 0 Å². The normalized spacial score (nSPS) is 23.3. The Morgan fingerprint density at radius 1 is 1.33 bits per heavy atom. The highest BCUT2D eigenvalue weighted by atomic mass is 32.1. The van der Waals surface area contributed by atoms with E-state index in [1.807, 2.05) is 4.90 Å². The second kappa shape index (κ2) is 8.55. The number of thiocarbonyl (C=S) groups is 1. The van der Waals surface area contributed by atoms with E-state index in [1.165, 1.54) is 0 Å². The Morgan fingerprint density at radius 3 is 2.81 bits per heavy atom. The van der Waals surface area contributed by atoms with Gasteiger partial charge >= 0.3 is 6.18 Å². The van der Waals surface area contributed by atoms with Gasteiger partial charge in [0.2, 0.25) is 5.95 Å². The lowest BCUT2D eigenvalue weighted by Crippen LogP contribution is -2.37. The molecule has 0 aliphatic carbocycles. The number of halogens is 3. The Hall–Kier alpha value is -1.68. The summed E-state index contributed by atoms with van der Waals surface area (Å²) in [5, 5.41) is 5.83. The number of anilines is 2. The Morgan fingerprint density at radius 2 is 2.15 bits per heavy atom. The molecule has 1 aromatic rings. The lowest BCUT2D eigenvalue weighted by molar-refractivity contribution is -0.141. The van der Waals surface area contributed by atoms with Crippen molar-refractivity contribution in [3.05, 3.63) is 11.8 Å². The molecule has 2 saturated heterocycles. The third-order valence-corrected chi connectivity index (χ3v) is 4.97. The van der Waals surface area contributed by atoms with Crippen LogP contribution in [0.15, 0.2) is 6.07 Å². The molecule has 0 aromatic carbocycles. The number of piperidine rings is 1. The van der Waals surface area contributed by atoms with Crippen LogP contribution in [0.4, 0.5) is 24.9 Å². The molecule has 2 aliphatic rings. The van der Waals surface area contributed by atoms with E-state index in [2.05, 4.69) is 27.5 Å². The van der Waals surface area contributed by atoms with Crippen molar-refractivity contribution in [3.8, 4) is 0 Å². The SMILES string of the molecule is C[C@@H]1CCCN(c2cc(C(F)(F)F)nc(NC(=S)NC[C@H]3CCCO3)n2)C1. The summed E-state index contributed by atoms with van der Waals surface area (Å²) in [5.41, 5.74) is -0.977. The van der Waals surface area contributed by atoms with Gasteiger partial charge in [-0.05, 0) is 43.8 Å². The molecule has 10 heteroatoms. The summed E-state index contributed by atoms with van der Waals surface area (Å²) in [6.45, 7) is 4.67. The van der Waals surface area contributed by atoms with Gasteiger partial charge in [0.25, 0.3) is 0 Å². The average molecular weight is 403 g/mol. The van der Waals surface area contributed by atoms with Gasteiger partial charge in [-0.3, -0.25) is 0 Å². The maximum atomic E-state index is 13.3. The molecule has 2 fully saturated rings. The quantitative estimate of drug-likeness (QED) is 0.749. The number of rotatable bonds is 4. The predicted octanol–water partition coefficient (Wildman–Crippen LogP) is 3.20. The van der Waals surface area contributed by atoms with Gasteiger partial charge in [-0.25, -0.2) is 4.98 Å². The van der Waals surface area contributed by atoms with Gasteiger partial charge in [0.15, 0.2) is 10.8 Å². The van der Waals surface area contributed by atoms with Gasteiger partial charge in [0.1, 0.15) is 5.82 Å².